The van der Waals surface area contributed by atoms with E-state index >= 15 is 0 Å². The first kappa shape index (κ1) is 12.2. The molecule has 1 aromatic carbocycles. The van der Waals surface area contributed by atoms with Crippen molar-refractivity contribution in [2.45, 2.75) is 26.4 Å². The summed E-state index contributed by atoms with van der Waals surface area (Å²) in [4.78, 5) is 21.4. The largest absolute Gasteiger partial charge is 0.478 e. The van der Waals surface area contributed by atoms with Gasteiger partial charge in [0, 0.05) is 5.56 Å². The van der Waals surface area contributed by atoms with Crippen molar-refractivity contribution in [3.63, 3.8) is 0 Å². The predicted molar refractivity (Wildman–Crippen MR) is 58.9 cm³/mol. The Morgan fingerprint density at radius 1 is 1.44 bits per heavy atom. The third-order valence-electron chi connectivity index (χ3n) is 2.22. The van der Waals surface area contributed by atoms with Crippen LogP contribution in [0.5, 0.6) is 5.75 Å². The first-order chi connectivity index (χ1) is 7.36. The van der Waals surface area contributed by atoms with Crippen LogP contribution in [0.25, 0.3) is 0 Å². The summed E-state index contributed by atoms with van der Waals surface area (Å²) in [6.07, 6.45) is 0.735. The second-order valence-electron chi connectivity index (χ2n) is 4.06. The molecule has 0 bridgehead atoms. The Balaban J connectivity index is 2.98. The molecule has 4 heteroatoms. The lowest BCUT2D eigenvalue weighted by molar-refractivity contribution is -0.152. The Hall–Kier alpha value is -1.84. The standard InChI is InChI=1S/C12H14O4/c1-8-6-9(7-13)4-5-10(8)16-12(2,3)11(14)15/h4-7H,1-3H3,(H,14,15). The summed E-state index contributed by atoms with van der Waals surface area (Å²) < 4.78 is 5.38. The van der Waals surface area contributed by atoms with Gasteiger partial charge in [-0.1, -0.05) is 0 Å². The normalized spacial score (nSPS) is 10.9. The monoisotopic (exact) mass is 222 g/mol. The highest BCUT2D eigenvalue weighted by molar-refractivity contribution is 5.77. The highest BCUT2D eigenvalue weighted by Gasteiger charge is 2.29. The molecule has 0 saturated carbocycles. The molecule has 16 heavy (non-hydrogen) atoms. The quantitative estimate of drug-likeness (QED) is 0.792. The fourth-order valence-corrected chi connectivity index (χ4v) is 1.18. The van der Waals surface area contributed by atoms with Gasteiger partial charge in [-0.05, 0) is 44.5 Å². The van der Waals surface area contributed by atoms with Crippen molar-refractivity contribution in [2.75, 3.05) is 0 Å². The number of hydrogen-bond donors (Lipinski definition) is 1. The van der Waals surface area contributed by atoms with Gasteiger partial charge < -0.3 is 9.84 Å². The second kappa shape index (κ2) is 4.35. The first-order valence-electron chi connectivity index (χ1n) is 4.85. The lowest BCUT2D eigenvalue weighted by Gasteiger charge is -2.22. The maximum Gasteiger partial charge on any atom is 0.347 e. The second-order valence-corrected chi connectivity index (χ2v) is 4.06. The average Bonchev–Trinajstić information content (AvgIpc) is 2.20. The van der Waals surface area contributed by atoms with Crippen LogP contribution in [-0.4, -0.2) is 23.0 Å². The van der Waals surface area contributed by atoms with E-state index in [2.05, 4.69) is 0 Å². The molecule has 0 radical (unpaired) electrons. The predicted octanol–water partition coefficient (Wildman–Crippen LogP) is 2.05. The van der Waals surface area contributed by atoms with Crippen LogP contribution in [0.1, 0.15) is 29.8 Å². The summed E-state index contributed by atoms with van der Waals surface area (Å²) in [6, 6.07) is 4.84. The van der Waals surface area contributed by atoms with E-state index in [9.17, 15) is 9.59 Å². The Kier molecular flexibility index (Phi) is 3.32. The Morgan fingerprint density at radius 2 is 2.06 bits per heavy atom. The van der Waals surface area contributed by atoms with E-state index in [1.807, 2.05) is 0 Å². The Morgan fingerprint density at radius 3 is 2.50 bits per heavy atom. The topological polar surface area (TPSA) is 63.6 Å². The molecule has 0 aliphatic rings. The lowest BCUT2D eigenvalue weighted by Crippen LogP contribution is -2.38. The number of carbonyl (C=O) groups is 2. The summed E-state index contributed by atoms with van der Waals surface area (Å²) in [6.45, 7) is 4.71. The van der Waals surface area contributed by atoms with Gasteiger partial charge in [-0.25, -0.2) is 4.79 Å². The summed E-state index contributed by atoms with van der Waals surface area (Å²) in [5.74, 6) is -0.565. The molecule has 1 N–H and O–H groups in total. The van der Waals surface area contributed by atoms with Gasteiger partial charge in [-0.15, -0.1) is 0 Å². The summed E-state index contributed by atoms with van der Waals surface area (Å²) >= 11 is 0. The van der Waals surface area contributed by atoms with Gasteiger partial charge in [0.1, 0.15) is 12.0 Å². The van der Waals surface area contributed by atoms with Crippen molar-refractivity contribution in [1.82, 2.24) is 0 Å². The molecule has 0 aliphatic carbocycles. The molecular weight excluding hydrogens is 208 g/mol. The van der Waals surface area contributed by atoms with Crippen LogP contribution in [0.15, 0.2) is 18.2 Å². The first-order valence-corrected chi connectivity index (χ1v) is 4.85. The van der Waals surface area contributed by atoms with Crippen molar-refractivity contribution in [3.8, 4) is 5.75 Å². The van der Waals surface area contributed by atoms with Crippen LogP contribution in [0.4, 0.5) is 0 Å². The van der Waals surface area contributed by atoms with Crippen LogP contribution < -0.4 is 4.74 Å². The molecule has 4 nitrogen and oxygen atoms in total. The van der Waals surface area contributed by atoms with Crippen molar-refractivity contribution >= 4 is 12.3 Å². The third-order valence-corrected chi connectivity index (χ3v) is 2.22. The van der Waals surface area contributed by atoms with Gasteiger partial charge in [0.05, 0.1) is 0 Å². The van der Waals surface area contributed by atoms with Crippen LogP contribution in [0.3, 0.4) is 0 Å². The van der Waals surface area contributed by atoms with Crippen molar-refractivity contribution in [1.29, 1.82) is 0 Å². The molecule has 0 heterocycles. The number of aryl methyl sites for hydroxylation is 1. The number of carboxylic acids is 1. The summed E-state index contributed by atoms with van der Waals surface area (Å²) in [5.41, 5.74) is -0.00936. The van der Waals surface area contributed by atoms with E-state index in [4.69, 9.17) is 9.84 Å². The maximum absolute atomic E-state index is 10.9. The van der Waals surface area contributed by atoms with E-state index < -0.39 is 11.6 Å². The number of ether oxygens (including phenoxy) is 1. The molecule has 0 fully saturated rings. The zero-order chi connectivity index (χ0) is 12.3. The minimum atomic E-state index is -1.28. The Bertz CT molecular complexity index is 421. The van der Waals surface area contributed by atoms with E-state index in [0.717, 1.165) is 11.8 Å². The highest BCUT2D eigenvalue weighted by atomic mass is 16.5. The molecule has 0 aliphatic heterocycles. The minimum Gasteiger partial charge on any atom is -0.478 e. The average molecular weight is 222 g/mol. The van der Waals surface area contributed by atoms with Gasteiger partial charge in [0.2, 0.25) is 0 Å². The SMILES string of the molecule is Cc1cc(C=O)ccc1OC(C)(C)C(=O)O. The van der Waals surface area contributed by atoms with Gasteiger partial charge in [0.25, 0.3) is 0 Å². The Labute approximate surface area is 93.9 Å². The van der Waals surface area contributed by atoms with Gasteiger partial charge >= 0.3 is 5.97 Å². The van der Waals surface area contributed by atoms with E-state index in [1.54, 1.807) is 25.1 Å². The number of aldehydes is 1. The van der Waals surface area contributed by atoms with Gasteiger partial charge in [-0.3, -0.25) is 4.79 Å². The van der Waals surface area contributed by atoms with Crippen LogP contribution in [0, 0.1) is 6.92 Å². The molecule has 1 aromatic rings. The number of rotatable bonds is 4. The highest BCUT2D eigenvalue weighted by Crippen LogP contribution is 2.23. The van der Waals surface area contributed by atoms with E-state index in [1.165, 1.54) is 13.8 Å². The molecule has 0 aromatic heterocycles. The van der Waals surface area contributed by atoms with Crippen LogP contribution in [-0.2, 0) is 4.79 Å². The number of carboxylic acid groups (broad SMARTS) is 1. The van der Waals surface area contributed by atoms with Gasteiger partial charge in [-0.2, -0.15) is 0 Å². The fourth-order valence-electron chi connectivity index (χ4n) is 1.18. The number of benzene rings is 1. The van der Waals surface area contributed by atoms with E-state index in [-0.39, 0.29) is 0 Å². The summed E-state index contributed by atoms with van der Waals surface area (Å²) in [5, 5.41) is 8.91. The molecule has 0 amide bonds. The van der Waals surface area contributed by atoms with Crippen LogP contribution >= 0.6 is 0 Å². The molecule has 86 valence electrons. The van der Waals surface area contributed by atoms with Crippen molar-refractivity contribution in [2.24, 2.45) is 0 Å². The summed E-state index contributed by atoms with van der Waals surface area (Å²) in [7, 11) is 0. The number of aliphatic carboxylic acids is 1. The minimum absolute atomic E-state index is 0.470. The molecule has 1 rings (SSSR count). The number of carbonyl (C=O) groups excluding carboxylic acids is 1. The zero-order valence-electron chi connectivity index (χ0n) is 9.48. The van der Waals surface area contributed by atoms with Gasteiger partial charge in [0.15, 0.2) is 5.60 Å². The molecule has 0 atom stereocenters. The smallest absolute Gasteiger partial charge is 0.347 e. The van der Waals surface area contributed by atoms with Crippen LogP contribution in [0.2, 0.25) is 0 Å². The lowest BCUT2D eigenvalue weighted by atomic mass is 10.1. The molecule has 0 saturated heterocycles. The fraction of sp³-hybridized carbons (Fsp3) is 0.333. The molecule has 0 unspecified atom stereocenters. The maximum atomic E-state index is 10.9. The third kappa shape index (κ3) is 2.59. The van der Waals surface area contributed by atoms with Crippen molar-refractivity contribution in [3.05, 3.63) is 29.3 Å². The zero-order valence-corrected chi connectivity index (χ0v) is 9.48. The molecule has 0 spiro atoms. The molecular formula is C12H14O4. The number of hydrogen-bond acceptors (Lipinski definition) is 3. The van der Waals surface area contributed by atoms with E-state index in [0.29, 0.717) is 11.3 Å². The van der Waals surface area contributed by atoms with Crippen molar-refractivity contribution < 1.29 is 19.4 Å².